The van der Waals surface area contributed by atoms with Gasteiger partial charge in [0.1, 0.15) is 0 Å². The zero-order valence-electron chi connectivity index (χ0n) is 10.8. The number of rotatable bonds is 5. The van der Waals surface area contributed by atoms with Crippen molar-refractivity contribution in [2.45, 2.75) is 25.7 Å². The summed E-state index contributed by atoms with van der Waals surface area (Å²) in [6, 6.07) is 6.59. The van der Waals surface area contributed by atoms with E-state index >= 15 is 0 Å². The van der Waals surface area contributed by atoms with Gasteiger partial charge in [0, 0.05) is 0 Å². The largest absolute Gasteiger partial charge is 0.466 e. The number of carbonyl (C=O) groups is 1. The molecule has 1 unspecified atom stereocenters. The van der Waals surface area contributed by atoms with Crippen molar-refractivity contribution in [3.05, 3.63) is 29.8 Å². The van der Waals surface area contributed by atoms with Gasteiger partial charge in [0.2, 0.25) is 0 Å². The molecule has 0 heterocycles. The summed E-state index contributed by atoms with van der Waals surface area (Å²) < 4.78 is 28.9. The van der Waals surface area contributed by atoms with Crippen LogP contribution < -0.4 is 0 Å². The molecule has 1 rings (SSSR count). The van der Waals surface area contributed by atoms with Gasteiger partial charge in [-0.3, -0.25) is 4.79 Å². The average molecular weight is 270 g/mol. The molecule has 0 aliphatic heterocycles. The van der Waals surface area contributed by atoms with E-state index in [2.05, 4.69) is 0 Å². The van der Waals surface area contributed by atoms with E-state index in [0.29, 0.717) is 0 Å². The number of carbonyl (C=O) groups excluding carboxylic acids is 1. The van der Waals surface area contributed by atoms with Crippen molar-refractivity contribution in [2.24, 2.45) is 5.92 Å². The minimum Gasteiger partial charge on any atom is -0.466 e. The maximum atomic E-state index is 12.1. The Bertz CT molecular complexity index is 502. The SMILES string of the molecule is CCOC(=O)C(C)CS(=O)(=O)c1ccc(C)cc1. The molecule has 0 aromatic heterocycles. The maximum absolute atomic E-state index is 12.1. The van der Waals surface area contributed by atoms with Crippen LogP contribution in [-0.4, -0.2) is 26.7 Å². The van der Waals surface area contributed by atoms with Crippen molar-refractivity contribution in [1.29, 1.82) is 0 Å². The van der Waals surface area contributed by atoms with Crippen LogP contribution in [0.2, 0.25) is 0 Å². The summed E-state index contributed by atoms with van der Waals surface area (Å²) in [5, 5.41) is 0. The highest BCUT2D eigenvalue weighted by molar-refractivity contribution is 7.91. The fourth-order valence-corrected chi connectivity index (χ4v) is 3.06. The van der Waals surface area contributed by atoms with Gasteiger partial charge in [-0.1, -0.05) is 24.6 Å². The number of hydrogen-bond donors (Lipinski definition) is 0. The summed E-state index contributed by atoms with van der Waals surface area (Å²) in [4.78, 5) is 11.7. The molecule has 0 N–H and O–H groups in total. The highest BCUT2D eigenvalue weighted by Crippen LogP contribution is 2.15. The van der Waals surface area contributed by atoms with Gasteiger partial charge in [-0.05, 0) is 26.0 Å². The van der Waals surface area contributed by atoms with E-state index in [4.69, 9.17) is 4.74 Å². The third-order valence-corrected chi connectivity index (χ3v) is 4.47. The molecule has 0 saturated heterocycles. The molecule has 4 nitrogen and oxygen atoms in total. The van der Waals surface area contributed by atoms with Gasteiger partial charge >= 0.3 is 5.97 Å². The summed E-state index contributed by atoms with van der Waals surface area (Å²) in [6.45, 7) is 5.40. The number of ether oxygens (including phenoxy) is 1. The van der Waals surface area contributed by atoms with Crippen molar-refractivity contribution in [3.8, 4) is 0 Å². The smallest absolute Gasteiger partial charge is 0.309 e. The maximum Gasteiger partial charge on any atom is 0.309 e. The van der Waals surface area contributed by atoms with Crippen LogP contribution in [0, 0.1) is 12.8 Å². The van der Waals surface area contributed by atoms with Crippen LogP contribution in [0.25, 0.3) is 0 Å². The van der Waals surface area contributed by atoms with Gasteiger partial charge in [-0.25, -0.2) is 8.42 Å². The Kier molecular flexibility index (Phi) is 4.90. The van der Waals surface area contributed by atoms with Gasteiger partial charge in [0.15, 0.2) is 9.84 Å². The summed E-state index contributed by atoms with van der Waals surface area (Å²) in [5.74, 6) is -1.36. The van der Waals surface area contributed by atoms with E-state index in [1.807, 2.05) is 6.92 Å². The lowest BCUT2D eigenvalue weighted by Gasteiger charge is -2.11. The van der Waals surface area contributed by atoms with E-state index < -0.39 is 21.7 Å². The topological polar surface area (TPSA) is 60.4 Å². The van der Waals surface area contributed by atoms with Crippen LogP contribution in [0.5, 0.6) is 0 Å². The van der Waals surface area contributed by atoms with Crippen LogP contribution in [0.15, 0.2) is 29.2 Å². The molecular weight excluding hydrogens is 252 g/mol. The Morgan fingerprint density at radius 2 is 1.83 bits per heavy atom. The fraction of sp³-hybridized carbons (Fsp3) is 0.462. The molecule has 0 bridgehead atoms. The summed E-state index contributed by atoms with van der Waals surface area (Å²) in [5.41, 5.74) is 0.993. The first-order valence-electron chi connectivity index (χ1n) is 5.83. The molecule has 5 heteroatoms. The number of sulfone groups is 1. The van der Waals surface area contributed by atoms with Crippen molar-refractivity contribution in [1.82, 2.24) is 0 Å². The quantitative estimate of drug-likeness (QED) is 0.767. The average Bonchev–Trinajstić information content (AvgIpc) is 2.29. The normalized spacial score (nSPS) is 13.1. The fourth-order valence-electron chi connectivity index (χ4n) is 1.52. The predicted molar refractivity (Wildman–Crippen MR) is 69.0 cm³/mol. The number of benzene rings is 1. The minimum absolute atomic E-state index is 0.227. The molecule has 0 radical (unpaired) electrons. The first kappa shape index (κ1) is 14.7. The first-order valence-corrected chi connectivity index (χ1v) is 7.48. The highest BCUT2D eigenvalue weighted by atomic mass is 32.2. The molecule has 0 amide bonds. The Morgan fingerprint density at radius 1 is 1.28 bits per heavy atom. The van der Waals surface area contributed by atoms with Crippen molar-refractivity contribution < 1.29 is 17.9 Å². The zero-order chi connectivity index (χ0) is 13.8. The zero-order valence-corrected chi connectivity index (χ0v) is 11.7. The van der Waals surface area contributed by atoms with Crippen LogP contribution in [0.1, 0.15) is 19.4 Å². The van der Waals surface area contributed by atoms with E-state index in [-0.39, 0.29) is 17.3 Å². The van der Waals surface area contributed by atoms with Crippen molar-refractivity contribution in [2.75, 3.05) is 12.4 Å². The molecule has 1 atom stereocenters. The van der Waals surface area contributed by atoms with E-state index in [1.165, 1.54) is 0 Å². The molecule has 18 heavy (non-hydrogen) atoms. The van der Waals surface area contributed by atoms with E-state index in [9.17, 15) is 13.2 Å². The molecule has 1 aromatic rings. The first-order chi connectivity index (χ1) is 8.36. The van der Waals surface area contributed by atoms with Gasteiger partial charge in [-0.15, -0.1) is 0 Å². The third-order valence-electron chi connectivity index (χ3n) is 2.54. The second kappa shape index (κ2) is 6.00. The molecule has 1 aromatic carbocycles. The molecular formula is C13H18O4S. The van der Waals surface area contributed by atoms with Gasteiger partial charge in [-0.2, -0.15) is 0 Å². The monoisotopic (exact) mass is 270 g/mol. The molecule has 0 saturated carbocycles. The van der Waals surface area contributed by atoms with Gasteiger partial charge in [0.05, 0.1) is 23.2 Å². The number of hydrogen-bond acceptors (Lipinski definition) is 4. The Morgan fingerprint density at radius 3 is 2.33 bits per heavy atom. The predicted octanol–water partition coefficient (Wildman–Crippen LogP) is 1.97. The summed E-state index contributed by atoms with van der Waals surface area (Å²) in [7, 11) is -3.44. The van der Waals surface area contributed by atoms with E-state index in [0.717, 1.165) is 5.56 Å². The lowest BCUT2D eigenvalue weighted by Crippen LogP contribution is -2.23. The third kappa shape index (κ3) is 3.84. The van der Waals surface area contributed by atoms with Crippen molar-refractivity contribution >= 4 is 15.8 Å². The summed E-state index contributed by atoms with van der Waals surface area (Å²) >= 11 is 0. The molecule has 0 spiro atoms. The molecule has 0 aliphatic carbocycles. The lowest BCUT2D eigenvalue weighted by molar-refractivity contribution is -0.146. The lowest BCUT2D eigenvalue weighted by atomic mass is 10.2. The number of aryl methyl sites for hydroxylation is 1. The number of esters is 1. The van der Waals surface area contributed by atoms with Crippen LogP contribution in [-0.2, 0) is 19.4 Å². The molecule has 0 aliphatic rings. The second-order valence-corrected chi connectivity index (χ2v) is 6.28. The standard InChI is InChI=1S/C13H18O4S/c1-4-17-13(14)11(3)9-18(15,16)12-7-5-10(2)6-8-12/h5-8,11H,4,9H2,1-3H3. The summed E-state index contributed by atoms with van der Waals surface area (Å²) in [6.07, 6.45) is 0. The Labute approximate surface area is 108 Å². The van der Waals surface area contributed by atoms with Gasteiger partial charge < -0.3 is 4.74 Å². The minimum atomic E-state index is -3.44. The Balaban J connectivity index is 2.82. The van der Waals surface area contributed by atoms with Crippen LogP contribution in [0.3, 0.4) is 0 Å². The van der Waals surface area contributed by atoms with Crippen LogP contribution >= 0.6 is 0 Å². The van der Waals surface area contributed by atoms with Crippen molar-refractivity contribution in [3.63, 3.8) is 0 Å². The van der Waals surface area contributed by atoms with Gasteiger partial charge in [0.25, 0.3) is 0 Å². The molecule has 100 valence electrons. The molecule has 0 fully saturated rings. The second-order valence-electron chi connectivity index (χ2n) is 4.25. The van der Waals surface area contributed by atoms with Crippen LogP contribution in [0.4, 0.5) is 0 Å². The Hall–Kier alpha value is -1.36. The van der Waals surface area contributed by atoms with E-state index in [1.54, 1.807) is 38.1 Å². The highest BCUT2D eigenvalue weighted by Gasteiger charge is 2.23.